The largest absolute Gasteiger partial charge is 0.484 e. The first-order valence-corrected chi connectivity index (χ1v) is 6.32. The van der Waals surface area contributed by atoms with Crippen molar-refractivity contribution in [1.29, 1.82) is 0 Å². The van der Waals surface area contributed by atoms with Crippen LogP contribution in [-0.4, -0.2) is 43.0 Å². The van der Waals surface area contributed by atoms with Crippen molar-refractivity contribution in [2.24, 2.45) is 0 Å². The Morgan fingerprint density at radius 2 is 2.25 bits per heavy atom. The Labute approximate surface area is 117 Å². The first-order chi connectivity index (χ1) is 9.54. The summed E-state index contributed by atoms with van der Waals surface area (Å²) in [6.45, 7) is 3.42. The highest BCUT2D eigenvalue weighted by Crippen LogP contribution is 2.28. The fraction of sp³-hybridized carbons (Fsp3) is 0.538. The van der Waals surface area contributed by atoms with E-state index < -0.39 is 11.0 Å². The molecule has 0 aromatic heterocycles. The lowest BCUT2D eigenvalue weighted by molar-refractivity contribution is -0.385. The molecule has 7 nitrogen and oxygen atoms in total. The van der Waals surface area contributed by atoms with Crippen LogP contribution in [-0.2, 0) is 11.3 Å². The van der Waals surface area contributed by atoms with E-state index in [1.807, 2.05) is 0 Å². The minimum atomic E-state index is -0.682. The number of nitrogens with one attached hydrogen (secondary N) is 1. The molecule has 20 heavy (non-hydrogen) atoms. The molecule has 1 aromatic rings. The van der Waals surface area contributed by atoms with Crippen molar-refractivity contribution >= 4 is 5.69 Å². The van der Waals surface area contributed by atoms with Gasteiger partial charge in [0.25, 0.3) is 0 Å². The number of aliphatic hydroxyl groups excluding tert-OH is 1. The third kappa shape index (κ3) is 5.52. The van der Waals surface area contributed by atoms with Crippen molar-refractivity contribution in [3.05, 3.63) is 33.9 Å². The van der Waals surface area contributed by atoms with Crippen molar-refractivity contribution in [1.82, 2.24) is 5.32 Å². The molecule has 2 N–H and O–H groups in total. The predicted molar refractivity (Wildman–Crippen MR) is 73.9 cm³/mol. The molecule has 0 fully saturated rings. The Morgan fingerprint density at radius 1 is 1.50 bits per heavy atom. The highest BCUT2D eigenvalue weighted by atomic mass is 16.6. The van der Waals surface area contributed by atoms with Crippen LogP contribution in [0.4, 0.5) is 5.69 Å². The number of hydrogen-bond donors (Lipinski definition) is 2. The number of benzene rings is 1. The van der Waals surface area contributed by atoms with E-state index in [2.05, 4.69) is 5.32 Å². The van der Waals surface area contributed by atoms with Gasteiger partial charge in [0, 0.05) is 26.3 Å². The Hall–Kier alpha value is -1.70. The smallest absolute Gasteiger partial charge is 0.310 e. The standard InChI is InChI=1S/C13H20N2O5/c1-10(16)9-20-13-7-11(8-14-5-6-19-2)3-4-12(13)15(17)18/h3-4,7,10,14,16H,5-6,8-9H2,1-2H3. The summed E-state index contributed by atoms with van der Waals surface area (Å²) < 4.78 is 10.2. The molecular weight excluding hydrogens is 264 g/mol. The van der Waals surface area contributed by atoms with Gasteiger partial charge in [-0.1, -0.05) is 6.07 Å². The van der Waals surface area contributed by atoms with Gasteiger partial charge in [-0.2, -0.15) is 0 Å². The molecule has 0 radical (unpaired) electrons. The third-order valence-electron chi connectivity index (χ3n) is 2.51. The summed E-state index contributed by atoms with van der Waals surface area (Å²) in [6.07, 6.45) is -0.682. The van der Waals surface area contributed by atoms with Gasteiger partial charge >= 0.3 is 5.69 Å². The summed E-state index contributed by atoms with van der Waals surface area (Å²) in [5.74, 6) is 0.168. The molecule has 0 saturated carbocycles. The number of rotatable bonds is 9. The zero-order chi connectivity index (χ0) is 15.0. The quantitative estimate of drug-likeness (QED) is 0.400. The van der Waals surface area contributed by atoms with Gasteiger partial charge in [-0.3, -0.25) is 10.1 Å². The van der Waals surface area contributed by atoms with Crippen molar-refractivity contribution in [3.63, 3.8) is 0 Å². The second-order valence-electron chi connectivity index (χ2n) is 4.39. The molecule has 7 heteroatoms. The van der Waals surface area contributed by atoms with Crippen molar-refractivity contribution in [2.45, 2.75) is 19.6 Å². The van der Waals surface area contributed by atoms with Crippen molar-refractivity contribution in [3.8, 4) is 5.75 Å². The van der Waals surface area contributed by atoms with Crippen LogP contribution in [0.1, 0.15) is 12.5 Å². The average molecular weight is 284 g/mol. The number of hydrogen-bond acceptors (Lipinski definition) is 6. The minimum absolute atomic E-state index is 0.0153. The van der Waals surface area contributed by atoms with Crippen molar-refractivity contribution < 1.29 is 19.5 Å². The van der Waals surface area contributed by atoms with Crippen LogP contribution in [0.3, 0.4) is 0 Å². The molecule has 1 aromatic carbocycles. The Morgan fingerprint density at radius 3 is 2.85 bits per heavy atom. The fourth-order valence-electron chi connectivity index (χ4n) is 1.55. The number of nitrogens with zero attached hydrogens (tertiary/aromatic N) is 1. The highest BCUT2D eigenvalue weighted by Gasteiger charge is 2.16. The SMILES string of the molecule is COCCNCc1ccc([N+](=O)[O-])c(OCC(C)O)c1. The van der Waals surface area contributed by atoms with E-state index in [1.165, 1.54) is 6.07 Å². The van der Waals surface area contributed by atoms with Crippen LogP contribution < -0.4 is 10.1 Å². The molecule has 0 aliphatic carbocycles. The lowest BCUT2D eigenvalue weighted by Crippen LogP contribution is -2.18. The minimum Gasteiger partial charge on any atom is -0.484 e. The monoisotopic (exact) mass is 284 g/mol. The average Bonchev–Trinajstić information content (AvgIpc) is 2.41. The van der Waals surface area contributed by atoms with Gasteiger partial charge < -0.3 is 19.9 Å². The fourth-order valence-corrected chi connectivity index (χ4v) is 1.55. The van der Waals surface area contributed by atoms with Gasteiger partial charge in [0.2, 0.25) is 0 Å². The molecule has 0 heterocycles. The lowest BCUT2D eigenvalue weighted by atomic mass is 10.2. The molecule has 0 aliphatic rings. The Kier molecular flexibility index (Phi) is 6.92. The maximum atomic E-state index is 10.9. The maximum absolute atomic E-state index is 10.9. The van der Waals surface area contributed by atoms with Gasteiger partial charge in [-0.15, -0.1) is 0 Å². The predicted octanol–water partition coefficient (Wildman–Crippen LogP) is 1.09. The molecule has 0 aliphatic heterocycles. The summed E-state index contributed by atoms with van der Waals surface area (Å²) in [6, 6.07) is 4.69. The number of methoxy groups -OCH3 is 1. The molecule has 0 spiro atoms. The summed E-state index contributed by atoms with van der Waals surface area (Å²) in [4.78, 5) is 10.4. The second-order valence-corrected chi connectivity index (χ2v) is 4.39. The first-order valence-electron chi connectivity index (χ1n) is 6.32. The van der Waals surface area contributed by atoms with Gasteiger partial charge in [0.1, 0.15) is 6.61 Å². The molecule has 1 rings (SSSR count). The summed E-state index contributed by atoms with van der Waals surface area (Å²) >= 11 is 0. The zero-order valence-corrected chi connectivity index (χ0v) is 11.7. The highest BCUT2D eigenvalue weighted by molar-refractivity contribution is 5.48. The first kappa shape index (κ1) is 16.4. The van der Waals surface area contributed by atoms with Crippen molar-refractivity contribution in [2.75, 3.05) is 26.9 Å². The maximum Gasteiger partial charge on any atom is 0.310 e. The molecular formula is C13H20N2O5. The van der Waals surface area contributed by atoms with Crippen LogP contribution in [0.2, 0.25) is 0 Å². The topological polar surface area (TPSA) is 93.9 Å². The molecule has 0 amide bonds. The number of nitro groups is 1. The van der Waals surface area contributed by atoms with E-state index >= 15 is 0 Å². The van der Waals surface area contributed by atoms with Crippen LogP contribution in [0.5, 0.6) is 5.75 Å². The number of nitro benzene ring substituents is 1. The lowest BCUT2D eigenvalue weighted by Gasteiger charge is -2.10. The third-order valence-corrected chi connectivity index (χ3v) is 2.51. The van der Waals surface area contributed by atoms with Gasteiger partial charge in [0.05, 0.1) is 17.6 Å². The summed E-state index contributed by atoms with van der Waals surface area (Å²) in [7, 11) is 1.62. The van der Waals surface area contributed by atoms with E-state index in [0.717, 1.165) is 5.56 Å². The van der Waals surface area contributed by atoms with E-state index in [9.17, 15) is 15.2 Å². The normalized spacial score (nSPS) is 12.2. The van der Waals surface area contributed by atoms with Gasteiger partial charge in [0.15, 0.2) is 5.75 Å². The summed E-state index contributed by atoms with van der Waals surface area (Å²) in [5.41, 5.74) is 0.763. The van der Waals surface area contributed by atoms with Gasteiger partial charge in [-0.05, 0) is 18.6 Å². The van der Waals surface area contributed by atoms with Crippen LogP contribution >= 0.6 is 0 Å². The number of ether oxygens (including phenoxy) is 2. The zero-order valence-electron chi connectivity index (χ0n) is 11.7. The molecule has 1 unspecified atom stereocenters. The van der Waals surface area contributed by atoms with E-state index in [4.69, 9.17) is 9.47 Å². The van der Waals surface area contributed by atoms with Gasteiger partial charge in [-0.25, -0.2) is 0 Å². The van der Waals surface area contributed by atoms with Crippen LogP contribution in [0, 0.1) is 10.1 Å². The van der Waals surface area contributed by atoms with Crippen LogP contribution in [0.15, 0.2) is 18.2 Å². The molecule has 112 valence electrons. The van der Waals surface area contributed by atoms with E-state index in [0.29, 0.717) is 19.7 Å². The van der Waals surface area contributed by atoms with E-state index in [1.54, 1.807) is 26.2 Å². The number of aliphatic hydroxyl groups is 1. The second kappa shape index (κ2) is 8.47. The molecule has 0 saturated heterocycles. The Bertz CT molecular complexity index is 437. The molecule has 1 atom stereocenters. The Balaban J connectivity index is 2.73. The van der Waals surface area contributed by atoms with Crippen LogP contribution in [0.25, 0.3) is 0 Å². The van der Waals surface area contributed by atoms with E-state index in [-0.39, 0.29) is 18.0 Å². The summed E-state index contributed by atoms with van der Waals surface area (Å²) in [5, 5.41) is 23.2. The molecule has 0 bridgehead atoms.